The van der Waals surface area contributed by atoms with Gasteiger partial charge in [0.25, 0.3) is 0 Å². The molecule has 1 heterocycles. The topological polar surface area (TPSA) is 38.2 Å². The number of likely N-dealkylation sites (N-methyl/N-ethyl adjacent to an activating group) is 1. The largest absolute Gasteiger partial charge is 0.379 e. The van der Waals surface area contributed by atoms with E-state index in [-0.39, 0.29) is 0 Å². The van der Waals surface area contributed by atoms with Crippen LogP contribution in [0.3, 0.4) is 0 Å². The van der Waals surface area contributed by atoms with Crippen molar-refractivity contribution in [3.63, 3.8) is 0 Å². The Morgan fingerprint density at radius 2 is 2.11 bits per heavy atom. The van der Waals surface area contributed by atoms with Crippen LogP contribution in [0.4, 0.5) is 5.82 Å². The molecule has 2 aliphatic carbocycles. The Morgan fingerprint density at radius 1 is 1.32 bits per heavy atom. The van der Waals surface area contributed by atoms with Crippen molar-refractivity contribution in [2.24, 2.45) is 5.92 Å². The highest BCUT2D eigenvalue weighted by atomic mass is 79.9. The minimum Gasteiger partial charge on any atom is -0.379 e. The van der Waals surface area contributed by atoms with Gasteiger partial charge in [-0.3, -0.25) is 0 Å². The zero-order valence-corrected chi connectivity index (χ0v) is 12.9. The van der Waals surface area contributed by atoms with E-state index in [2.05, 4.69) is 37.8 Å². The molecule has 0 radical (unpaired) electrons. The van der Waals surface area contributed by atoms with Crippen molar-refractivity contribution in [3.8, 4) is 0 Å². The lowest BCUT2D eigenvalue weighted by Crippen LogP contribution is -2.24. The summed E-state index contributed by atoms with van der Waals surface area (Å²) in [5.74, 6) is 3.38. The standard InChI is InChI=1S/C14H20BrN3O/c1-18(6-7-19-9-10-2-3-10)13-8-12(15)16-14(17-13)11-4-5-11/h8,10-11H,2-7,9H2,1H3. The normalized spacial score (nSPS) is 18.6. The Morgan fingerprint density at radius 3 is 2.79 bits per heavy atom. The molecular weight excluding hydrogens is 306 g/mol. The number of nitrogens with zero attached hydrogens (tertiary/aromatic N) is 3. The molecule has 3 rings (SSSR count). The number of anilines is 1. The van der Waals surface area contributed by atoms with Crippen molar-refractivity contribution < 1.29 is 4.74 Å². The van der Waals surface area contributed by atoms with Gasteiger partial charge in [0.1, 0.15) is 16.2 Å². The second-order valence-electron chi connectivity index (χ2n) is 5.62. The van der Waals surface area contributed by atoms with Gasteiger partial charge in [0.2, 0.25) is 0 Å². The zero-order chi connectivity index (χ0) is 13.2. The lowest BCUT2D eigenvalue weighted by Gasteiger charge is -2.19. The van der Waals surface area contributed by atoms with Crippen LogP contribution >= 0.6 is 15.9 Å². The van der Waals surface area contributed by atoms with E-state index in [9.17, 15) is 0 Å². The number of halogens is 1. The van der Waals surface area contributed by atoms with Crippen LogP contribution in [0.2, 0.25) is 0 Å². The molecule has 0 saturated heterocycles. The summed E-state index contributed by atoms with van der Waals surface area (Å²) in [6.45, 7) is 2.57. The molecular formula is C14H20BrN3O. The summed E-state index contributed by atoms with van der Waals surface area (Å²) in [6, 6.07) is 1.98. The van der Waals surface area contributed by atoms with Crippen LogP contribution in [0.25, 0.3) is 0 Å². The lowest BCUT2D eigenvalue weighted by molar-refractivity contribution is 0.131. The van der Waals surface area contributed by atoms with E-state index in [1.165, 1.54) is 25.7 Å². The maximum atomic E-state index is 5.67. The minimum absolute atomic E-state index is 0.579. The Kier molecular flexibility index (Phi) is 4.03. The van der Waals surface area contributed by atoms with Gasteiger partial charge in [-0.2, -0.15) is 0 Å². The van der Waals surface area contributed by atoms with Crippen LogP contribution in [-0.4, -0.2) is 36.8 Å². The van der Waals surface area contributed by atoms with E-state index in [0.29, 0.717) is 5.92 Å². The van der Waals surface area contributed by atoms with E-state index in [0.717, 1.165) is 41.9 Å². The van der Waals surface area contributed by atoms with Gasteiger partial charge in [-0.25, -0.2) is 9.97 Å². The predicted octanol–water partition coefficient (Wildman–Crippen LogP) is 2.98. The Bertz CT molecular complexity index is 446. The van der Waals surface area contributed by atoms with Gasteiger partial charge in [0, 0.05) is 32.2 Å². The second-order valence-corrected chi connectivity index (χ2v) is 6.43. The predicted molar refractivity (Wildman–Crippen MR) is 78.5 cm³/mol. The molecule has 5 heteroatoms. The van der Waals surface area contributed by atoms with Gasteiger partial charge in [-0.1, -0.05) is 0 Å². The summed E-state index contributed by atoms with van der Waals surface area (Å²) >= 11 is 3.48. The third-order valence-corrected chi connectivity index (χ3v) is 4.06. The Labute approximate surface area is 122 Å². The maximum absolute atomic E-state index is 5.67. The second kappa shape index (κ2) is 5.75. The summed E-state index contributed by atoms with van der Waals surface area (Å²) in [5.41, 5.74) is 0. The fourth-order valence-electron chi connectivity index (χ4n) is 1.99. The molecule has 19 heavy (non-hydrogen) atoms. The van der Waals surface area contributed by atoms with Crippen molar-refractivity contribution in [1.82, 2.24) is 9.97 Å². The lowest BCUT2D eigenvalue weighted by atomic mass is 10.4. The molecule has 2 saturated carbocycles. The van der Waals surface area contributed by atoms with Gasteiger partial charge < -0.3 is 9.64 Å². The fourth-order valence-corrected chi connectivity index (χ4v) is 2.38. The molecule has 0 aliphatic heterocycles. The average Bonchev–Trinajstić information content (AvgIpc) is 3.27. The maximum Gasteiger partial charge on any atom is 0.135 e. The molecule has 0 bridgehead atoms. The molecule has 1 aromatic rings. The monoisotopic (exact) mass is 325 g/mol. The molecule has 0 atom stereocenters. The third kappa shape index (κ3) is 3.89. The Balaban J connectivity index is 1.53. The highest BCUT2D eigenvalue weighted by Gasteiger charge is 2.27. The minimum atomic E-state index is 0.579. The molecule has 0 N–H and O–H groups in total. The van der Waals surface area contributed by atoms with Crippen LogP contribution in [0.15, 0.2) is 10.7 Å². The first-order valence-electron chi connectivity index (χ1n) is 7.06. The van der Waals surface area contributed by atoms with Gasteiger partial charge in [-0.15, -0.1) is 0 Å². The van der Waals surface area contributed by atoms with Crippen molar-refractivity contribution in [3.05, 3.63) is 16.5 Å². The van der Waals surface area contributed by atoms with Gasteiger partial charge in [-0.05, 0) is 47.5 Å². The zero-order valence-electron chi connectivity index (χ0n) is 11.3. The van der Waals surface area contributed by atoms with E-state index >= 15 is 0 Å². The van der Waals surface area contributed by atoms with Gasteiger partial charge in [0.15, 0.2) is 0 Å². The van der Waals surface area contributed by atoms with Gasteiger partial charge >= 0.3 is 0 Å². The summed E-state index contributed by atoms with van der Waals surface area (Å²) < 4.78 is 6.55. The first kappa shape index (κ1) is 13.3. The van der Waals surface area contributed by atoms with Crippen LogP contribution in [0.1, 0.15) is 37.4 Å². The fraction of sp³-hybridized carbons (Fsp3) is 0.714. The van der Waals surface area contributed by atoms with Crippen molar-refractivity contribution in [2.75, 3.05) is 31.7 Å². The van der Waals surface area contributed by atoms with Crippen molar-refractivity contribution in [1.29, 1.82) is 0 Å². The van der Waals surface area contributed by atoms with Crippen LogP contribution in [0.5, 0.6) is 0 Å². The molecule has 104 valence electrons. The smallest absolute Gasteiger partial charge is 0.135 e. The van der Waals surface area contributed by atoms with Crippen LogP contribution in [0, 0.1) is 5.92 Å². The highest BCUT2D eigenvalue weighted by molar-refractivity contribution is 9.10. The van der Waals surface area contributed by atoms with Crippen molar-refractivity contribution >= 4 is 21.7 Å². The molecule has 2 aliphatic rings. The number of ether oxygens (including phenoxy) is 1. The SMILES string of the molecule is CN(CCOCC1CC1)c1cc(Br)nc(C2CC2)n1. The highest BCUT2D eigenvalue weighted by Crippen LogP contribution is 2.39. The molecule has 4 nitrogen and oxygen atoms in total. The van der Waals surface area contributed by atoms with E-state index in [1.807, 2.05) is 6.07 Å². The molecule has 2 fully saturated rings. The number of hydrogen-bond acceptors (Lipinski definition) is 4. The molecule has 0 amide bonds. The number of aromatic nitrogens is 2. The summed E-state index contributed by atoms with van der Waals surface area (Å²) in [6.07, 6.45) is 5.15. The van der Waals surface area contributed by atoms with Gasteiger partial charge in [0.05, 0.1) is 6.61 Å². The summed E-state index contributed by atoms with van der Waals surface area (Å²) in [4.78, 5) is 11.2. The van der Waals surface area contributed by atoms with Crippen LogP contribution < -0.4 is 4.90 Å². The molecule has 1 aromatic heterocycles. The Hall–Kier alpha value is -0.680. The third-order valence-electron chi connectivity index (χ3n) is 3.65. The van der Waals surface area contributed by atoms with E-state index in [4.69, 9.17) is 4.74 Å². The molecule has 0 spiro atoms. The van der Waals surface area contributed by atoms with Crippen molar-refractivity contribution in [2.45, 2.75) is 31.6 Å². The number of rotatable bonds is 7. The quantitative estimate of drug-likeness (QED) is 0.570. The number of hydrogen-bond donors (Lipinski definition) is 0. The summed E-state index contributed by atoms with van der Waals surface area (Å²) in [5, 5.41) is 0. The van der Waals surface area contributed by atoms with E-state index < -0.39 is 0 Å². The first-order valence-corrected chi connectivity index (χ1v) is 7.85. The first-order chi connectivity index (χ1) is 9.22. The van der Waals surface area contributed by atoms with Crippen LogP contribution in [-0.2, 0) is 4.74 Å². The average molecular weight is 326 g/mol. The molecule has 0 aromatic carbocycles. The molecule has 0 unspecified atom stereocenters. The summed E-state index contributed by atoms with van der Waals surface area (Å²) in [7, 11) is 2.06. The van der Waals surface area contributed by atoms with E-state index in [1.54, 1.807) is 0 Å².